The second-order valence-electron chi connectivity index (χ2n) is 7.85. The quantitative estimate of drug-likeness (QED) is 0.346. The fourth-order valence-corrected chi connectivity index (χ4v) is 4.17. The molecule has 1 aromatic heterocycles. The molecule has 0 aliphatic carbocycles. The zero-order chi connectivity index (χ0) is 27.5. The van der Waals surface area contributed by atoms with Crippen molar-refractivity contribution in [1.82, 2.24) is 15.0 Å². The summed E-state index contributed by atoms with van der Waals surface area (Å²) in [4.78, 5) is 48.0. The normalized spacial score (nSPS) is 23.5. The Morgan fingerprint density at radius 3 is 1.97 bits per heavy atom. The van der Waals surface area contributed by atoms with Crippen LogP contribution in [0.1, 0.15) is 27.0 Å². The van der Waals surface area contributed by atoms with Crippen LogP contribution >= 0.6 is 0 Å². The second kappa shape index (κ2) is 11.0. The van der Waals surface area contributed by atoms with Gasteiger partial charge in [0.1, 0.15) is 5.69 Å². The first-order chi connectivity index (χ1) is 17.3. The lowest BCUT2D eigenvalue weighted by Crippen LogP contribution is -2.61. The van der Waals surface area contributed by atoms with Crippen molar-refractivity contribution in [3.05, 3.63) is 30.5 Å². The molecule has 5 atom stereocenters. The Balaban J connectivity index is 2.06. The molecule has 37 heavy (non-hydrogen) atoms. The summed E-state index contributed by atoms with van der Waals surface area (Å²) in [5.74, 6) is -3.41. The Hall–Kier alpha value is -3.89. The summed E-state index contributed by atoms with van der Waals surface area (Å²) in [6.07, 6.45) is -6.09. The minimum atomic E-state index is -3.91. The average molecular weight is 541 g/mol. The molecule has 16 heteroatoms. The molecule has 1 saturated heterocycles. The van der Waals surface area contributed by atoms with Crippen LogP contribution in [0, 0.1) is 0 Å². The van der Waals surface area contributed by atoms with Gasteiger partial charge in [0.15, 0.2) is 30.6 Å². The molecule has 15 nitrogen and oxygen atoms in total. The molecule has 0 amide bonds. The molecule has 0 radical (unpaired) electrons. The summed E-state index contributed by atoms with van der Waals surface area (Å²) < 4.78 is 50.6. The molecule has 0 saturated carbocycles. The van der Waals surface area contributed by atoms with Crippen molar-refractivity contribution in [2.24, 2.45) is 5.14 Å². The molecule has 2 N–H and O–H groups in total. The first-order valence-corrected chi connectivity index (χ1v) is 12.2. The lowest BCUT2D eigenvalue weighted by molar-refractivity contribution is -0.265. The minimum Gasteiger partial charge on any atom is -0.467 e. The van der Waals surface area contributed by atoms with Crippen LogP contribution in [0.3, 0.4) is 0 Å². The highest BCUT2D eigenvalue weighted by molar-refractivity contribution is 7.89. The van der Waals surface area contributed by atoms with Gasteiger partial charge in [-0.1, -0.05) is 17.3 Å². The second-order valence-corrected chi connectivity index (χ2v) is 9.41. The van der Waals surface area contributed by atoms with Crippen molar-refractivity contribution < 1.29 is 51.3 Å². The first-order valence-electron chi connectivity index (χ1n) is 10.6. The molecule has 1 aliphatic heterocycles. The van der Waals surface area contributed by atoms with Crippen LogP contribution in [0.4, 0.5) is 0 Å². The number of carbonyl (C=O) groups excluding carboxylic acids is 4. The van der Waals surface area contributed by atoms with E-state index in [-0.39, 0.29) is 10.6 Å². The molecule has 0 unspecified atom stereocenters. The fraction of sp³-hybridized carbons (Fsp3) is 0.429. The van der Waals surface area contributed by atoms with E-state index in [0.717, 1.165) is 32.6 Å². The summed E-state index contributed by atoms with van der Waals surface area (Å²) in [6, 6.07) is 5.43. The highest BCUT2D eigenvalue weighted by atomic mass is 32.2. The highest BCUT2D eigenvalue weighted by Gasteiger charge is 2.55. The third-order valence-electron chi connectivity index (χ3n) is 5.10. The molecule has 2 aromatic rings. The van der Waals surface area contributed by atoms with Gasteiger partial charge in [0, 0.05) is 26.3 Å². The van der Waals surface area contributed by atoms with E-state index >= 15 is 0 Å². The molecule has 0 bridgehead atoms. The van der Waals surface area contributed by atoms with E-state index in [1.165, 1.54) is 30.5 Å². The number of carbonyl (C=O) groups is 4. The SMILES string of the molecule is COC(=O)[C@H]1O[C@@H](n2cc(-c3ccc(S(N)(=O)=O)cc3)nn2)[C@H](OC(C)=O)[C@@H](OC(C)=O)[C@@H]1OC(C)=O. The third-order valence-corrected chi connectivity index (χ3v) is 6.03. The number of ether oxygens (including phenoxy) is 5. The van der Waals surface area contributed by atoms with Gasteiger partial charge in [0.25, 0.3) is 0 Å². The van der Waals surface area contributed by atoms with Crippen LogP contribution in [0.2, 0.25) is 0 Å². The number of hydrogen-bond acceptors (Lipinski definition) is 13. The number of esters is 4. The van der Waals surface area contributed by atoms with Gasteiger partial charge >= 0.3 is 23.9 Å². The molecular formula is C21H24N4O11S. The van der Waals surface area contributed by atoms with Gasteiger partial charge in [0.2, 0.25) is 10.0 Å². The maximum atomic E-state index is 12.5. The highest BCUT2D eigenvalue weighted by Crippen LogP contribution is 2.35. The Bertz CT molecular complexity index is 1290. The number of nitrogens with two attached hydrogens (primary N) is 1. The van der Waals surface area contributed by atoms with Crippen LogP contribution in [-0.4, -0.2) is 78.8 Å². The van der Waals surface area contributed by atoms with Gasteiger partial charge in [-0.2, -0.15) is 0 Å². The molecule has 0 spiro atoms. The number of sulfonamides is 1. The number of aromatic nitrogens is 3. The fourth-order valence-electron chi connectivity index (χ4n) is 3.66. The van der Waals surface area contributed by atoms with Gasteiger partial charge in [-0.05, 0) is 12.1 Å². The Kier molecular flexibility index (Phi) is 8.25. The Labute approximate surface area is 210 Å². The van der Waals surface area contributed by atoms with E-state index in [9.17, 15) is 27.6 Å². The predicted octanol–water partition coefficient (Wildman–Crippen LogP) is -0.542. The number of nitrogens with zero attached hydrogens (tertiary/aromatic N) is 3. The standard InChI is InChI=1S/C21H24N4O11S/c1-10(26)33-16-17(34-11(2)27)19(21(29)32-4)36-20(18(16)35-12(3)28)25-9-15(23-24-25)13-5-7-14(8-6-13)37(22,30)31/h5-9,16-20H,1-4H3,(H2,22,30,31)/t16-,17-,18+,19-,20+/m0/s1. The van der Waals surface area contributed by atoms with Gasteiger partial charge in [0.05, 0.1) is 18.2 Å². The largest absolute Gasteiger partial charge is 0.467 e. The molecule has 2 heterocycles. The lowest BCUT2D eigenvalue weighted by atomic mass is 9.97. The predicted molar refractivity (Wildman–Crippen MR) is 119 cm³/mol. The van der Waals surface area contributed by atoms with Gasteiger partial charge in [-0.25, -0.2) is 23.0 Å². The van der Waals surface area contributed by atoms with Crippen molar-refractivity contribution in [3.8, 4) is 11.3 Å². The number of benzene rings is 1. The summed E-state index contributed by atoms with van der Waals surface area (Å²) in [5.41, 5.74) is 0.684. The minimum absolute atomic E-state index is 0.115. The maximum Gasteiger partial charge on any atom is 0.339 e. The van der Waals surface area contributed by atoms with Crippen molar-refractivity contribution in [1.29, 1.82) is 0 Å². The maximum absolute atomic E-state index is 12.5. The number of primary sulfonamides is 1. The zero-order valence-electron chi connectivity index (χ0n) is 20.1. The third kappa shape index (κ3) is 6.46. The Morgan fingerprint density at radius 2 is 1.46 bits per heavy atom. The number of methoxy groups -OCH3 is 1. The van der Waals surface area contributed by atoms with Crippen LogP contribution in [0.5, 0.6) is 0 Å². The summed E-state index contributed by atoms with van der Waals surface area (Å²) in [7, 11) is -2.84. The molecule has 200 valence electrons. The molecule has 1 fully saturated rings. The van der Waals surface area contributed by atoms with E-state index in [1.54, 1.807) is 0 Å². The molecule has 3 rings (SSSR count). The number of rotatable bonds is 7. The summed E-state index contributed by atoms with van der Waals surface area (Å²) in [5, 5.41) is 13.1. The van der Waals surface area contributed by atoms with Gasteiger partial charge in [-0.15, -0.1) is 5.10 Å². The topological polar surface area (TPSA) is 205 Å². The van der Waals surface area contributed by atoms with Crippen LogP contribution in [-0.2, 0) is 52.9 Å². The summed E-state index contributed by atoms with van der Waals surface area (Å²) in [6.45, 7) is 3.23. The molecule has 1 aliphatic rings. The smallest absolute Gasteiger partial charge is 0.339 e. The lowest BCUT2D eigenvalue weighted by Gasteiger charge is -2.43. The molecular weight excluding hydrogens is 516 g/mol. The molecule has 1 aromatic carbocycles. The first kappa shape index (κ1) is 27.7. The van der Waals surface area contributed by atoms with Crippen LogP contribution in [0.25, 0.3) is 11.3 Å². The van der Waals surface area contributed by atoms with Crippen molar-refractivity contribution in [2.75, 3.05) is 7.11 Å². The van der Waals surface area contributed by atoms with E-state index in [2.05, 4.69) is 10.3 Å². The average Bonchev–Trinajstić information content (AvgIpc) is 3.29. The van der Waals surface area contributed by atoms with E-state index in [0.29, 0.717) is 5.56 Å². The van der Waals surface area contributed by atoms with E-state index < -0.39 is 64.5 Å². The summed E-state index contributed by atoms with van der Waals surface area (Å²) >= 11 is 0. The van der Waals surface area contributed by atoms with Gasteiger partial charge in [-0.3, -0.25) is 14.4 Å². The monoisotopic (exact) mass is 540 g/mol. The van der Waals surface area contributed by atoms with Crippen molar-refractivity contribution >= 4 is 33.9 Å². The van der Waals surface area contributed by atoms with Crippen LogP contribution < -0.4 is 5.14 Å². The van der Waals surface area contributed by atoms with E-state index in [4.69, 9.17) is 28.8 Å². The van der Waals surface area contributed by atoms with Crippen molar-refractivity contribution in [3.63, 3.8) is 0 Å². The van der Waals surface area contributed by atoms with Crippen LogP contribution in [0.15, 0.2) is 35.4 Å². The zero-order valence-corrected chi connectivity index (χ0v) is 20.9. The van der Waals surface area contributed by atoms with Crippen molar-refractivity contribution in [2.45, 2.75) is 56.3 Å². The number of hydrogen-bond donors (Lipinski definition) is 1. The van der Waals surface area contributed by atoms with E-state index in [1.807, 2.05) is 0 Å². The Morgan fingerprint density at radius 1 is 0.919 bits per heavy atom. The van der Waals surface area contributed by atoms with Gasteiger partial charge < -0.3 is 23.7 Å².